The lowest BCUT2D eigenvalue weighted by molar-refractivity contribution is -0.132. The smallest absolute Gasteiger partial charge is 0.301 e. The first-order valence-electron chi connectivity index (χ1n) is 11.9. The summed E-state index contributed by atoms with van der Waals surface area (Å²) in [5, 5.41) is 11.9. The number of aromatic nitrogens is 1. The lowest BCUT2D eigenvalue weighted by Gasteiger charge is -2.23. The van der Waals surface area contributed by atoms with Gasteiger partial charge in [0, 0.05) is 5.56 Å². The third-order valence-electron chi connectivity index (χ3n) is 6.40. The van der Waals surface area contributed by atoms with Gasteiger partial charge < -0.3 is 9.84 Å². The van der Waals surface area contributed by atoms with Gasteiger partial charge in [-0.15, -0.1) is 0 Å². The van der Waals surface area contributed by atoms with E-state index in [-0.39, 0.29) is 11.3 Å². The molecule has 186 valence electrons. The molecular weight excluding hydrogens is 484 g/mol. The van der Waals surface area contributed by atoms with Crippen molar-refractivity contribution < 1.29 is 19.4 Å². The van der Waals surface area contributed by atoms with E-state index >= 15 is 0 Å². The minimum Gasteiger partial charge on any atom is -0.507 e. The van der Waals surface area contributed by atoms with E-state index < -0.39 is 17.7 Å². The molecule has 1 fully saturated rings. The summed E-state index contributed by atoms with van der Waals surface area (Å²) in [7, 11) is 0. The van der Waals surface area contributed by atoms with Crippen LogP contribution < -0.4 is 9.64 Å². The number of Topliss-reactive ketones (excluding diaryl/α,β-unsaturated/α-hetero) is 1. The van der Waals surface area contributed by atoms with E-state index in [0.29, 0.717) is 28.6 Å². The predicted molar refractivity (Wildman–Crippen MR) is 147 cm³/mol. The zero-order chi connectivity index (χ0) is 26.3. The quantitative estimate of drug-likeness (QED) is 0.140. The summed E-state index contributed by atoms with van der Waals surface area (Å²) in [5.41, 5.74) is 4.77. The number of aliphatic hydroxyl groups excluding tert-OH is 1. The Labute approximate surface area is 219 Å². The van der Waals surface area contributed by atoms with E-state index in [2.05, 4.69) is 11.6 Å². The second-order valence-corrected chi connectivity index (χ2v) is 10.1. The van der Waals surface area contributed by atoms with Gasteiger partial charge in [0.25, 0.3) is 5.78 Å². The number of carbonyl (C=O) groups is 2. The summed E-state index contributed by atoms with van der Waals surface area (Å²) >= 11 is 1.34. The van der Waals surface area contributed by atoms with Crippen LogP contribution in [0.5, 0.6) is 5.75 Å². The predicted octanol–water partition coefficient (Wildman–Crippen LogP) is 6.41. The molecule has 4 aromatic rings. The SMILES string of the molecule is C=CCOc1ccc(C2/C(=C(\O)c3cc(C)ccc3C)C(=O)C(=O)N2c2nc3ccc(C)cc3s2)cc1. The molecule has 3 aromatic carbocycles. The largest absolute Gasteiger partial charge is 0.507 e. The van der Waals surface area contributed by atoms with Crippen LogP contribution in [0, 0.1) is 20.8 Å². The van der Waals surface area contributed by atoms with Crippen LogP contribution in [-0.2, 0) is 9.59 Å². The number of aryl methyl sites for hydroxylation is 3. The van der Waals surface area contributed by atoms with Gasteiger partial charge >= 0.3 is 5.91 Å². The Morgan fingerprint density at radius 2 is 1.76 bits per heavy atom. The fraction of sp³-hybridized carbons (Fsp3) is 0.167. The maximum Gasteiger partial charge on any atom is 0.301 e. The van der Waals surface area contributed by atoms with Gasteiger partial charge in [-0.05, 0) is 67.8 Å². The molecule has 1 N–H and O–H groups in total. The number of benzene rings is 3. The number of thiazole rings is 1. The van der Waals surface area contributed by atoms with Gasteiger partial charge in [-0.3, -0.25) is 14.5 Å². The summed E-state index contributed by atoms with van der Waals surface area (Å²) in [4.78, 5) is 33.1. The molecule has 6 nitrogen and oxygen atoms in total. The molecule has 0 radical (unpaired) electrons. The zero-order valence-corrected chi connectivity index (χ0v) is 21.6. The molecule has 1 aliphatic rings. The van der Waals surface area contributed by atoms with Crippen LogP contribution in [0.3, 0.4) is 0 Å². The average molecular weight is 511 g/mol. The Kier molecular flexibility index (Phi) is 6.39. The van der Waals surface area contributed by atoms with Crippen molar-refractivity contribution in [1.29, 1.82) is 0 Å². The van der Waals surface area contributed by atoms with Crippen LogP contribution in [0.2, 0.25) is 0 Å². The molecule has 7 heteroatoms. The zero-order valence-electron chi connectivity index (χ0n) is 20.8. The Balaban J connectivity index is 1.71. The van der Waals surface area contributed by atoms with E-state index in [1.807, 2.05) is 57.2 Å². The Morgan fingerprint density at radius 1 is 1.05 bits per heavy atom. The number of hydrogen-bond donors (Lipinski definition) is 1. The highest BCUT2D eigenvalue weighted by Gasteiger charge is 2.48. The fourth-order valence-electron chi connectivity index (χ4n) is 4.51. The van der Waals surface area contributed by atoms with Crippen molar-refractivity contribution >= 4 is 44.1 Å². The number of amides is 1. The third kappa shape index (κ3) is 4.42. The van der Waals surface area contributed by atoms with E-state index in [1.54, 1.807) is 30.3 Å². The molecule has 1 saturated heterocycles. The third-order valence-corrected chi connectivity index (χ3v) is 7.41. The van der Waals surface area contributed by atoms with E-state index in [9.17, 15) is 14.7 Å². The van der Waals surface area contributed by atoms with E-state index in [1.165, 1.54) is 16.2 Å². The van der Waals surface area contributed by atoms with Crippen LogP contribution in [0.25, 0.3) is 16.0 Å². The number of hydrogen-bond acceptors (Lipinski definition) is 6. The molecule has 0 aliphatic carbocycles. The molecule has 0 saturated carbocycles. The molecule has 0 bridgehead atoms. The van der Waals surface area contributed by atoms with Crippen LogP contribution in [0.1, 0.15) is 33.9 Å². The number of ketones is 1. The monoisotopic (exact) mass is 510 g/mol. The molecule has 37 heavy (non-hydrogen) atoms. The van der Waals surface area contributed by atoms with Crippen molar-refractivity contribution in [2.45, 2.75) is 26.8 Å². The second kappa shape index (κ2) is 9.67. The summed E-state index contributed by atoms with van der Waals surface area (Å²) in [6, 6.07) is 17.8. The number of rotatable bonds is 6. The first-order chi connectivity index (χ1) is 17.8. The van der Waals surface area contributed by atoms with Crippen LogP contribution in [-0.4, -0.2) is 28.4 Å². The fourth-order valence-corrected chi connectivity index (χ4v) is 5.60. The van der Waals surface area contributed by atoms with Crippen molar-refractivity contribution in [3.63, 3.8) is 0 Å². The van der Waals surface area contributed by atoms with Gasteiger partial charge in [0.1, 0.15) is 18.1 Å². The molecule has 1 atom stereocenters. The normalized spacial score (nSPS) is 16.9. The molecule has 1 unspecified atom stereocenters. The molecular formula is C30H26N2O4S. The molecule has 5 rings (SSSR count). The van der Waals surface area contributed by atoms with Gasteiger partial charge in [-0.1, -0.05) is 59.9 Å². The van der Waals surface area contributed by atoms with Crippen molar-refractivity contribution in [1.82, 2.24) is 4.98 Å². The number of carbonyl (C=O) groups excluding carboxylic acids is 2. The number of aliphatic hydroxyl groups is 1. The topological polar surface area (TPSA) is 79.7 Å². The minimum atomic E-state index is -0.852. The molecule has 0 spiro atoms. The number of ether oxygens (including phenoxy) is 1. The molecule has 1 aliphatic heterocycles. The highest BCUT2D eigenvalue weighted by Crippen LogP contribution is 2.45. The number of nitrogens with zero attached hydrogens (tertiary/aromatic N) is 2. The minimum absolute atomic E-state index is 0.0360. The number of anilines is 1. The maximum absolute atomic E-state index is 13.5. The van der Waals surface area contributed by atoms with Gasteiger partial charge in [-0.2, -0.15) is 0 Å². The Hall–Kier alpha value is -4.23. The molecule has 1 amide bonds. The van der Waals surface area contributed by atoms with Crippen molar-refractivity contribution in [2.24, 2.45) is 0 Å². The second-order valence-electron chi connectivity index (χ2n) is 9.12. The summed E-state index contributed by atoms with van der Waals surface area (Å²) < 4.78 is 6.53. The first-order valence-corrected chi connectivity index (χ1v) is 12.7. The Morgan fingerprint density at radius 3 is 2.49 bits per heavy atom. The molecule has 2 heterocycles. The van der Waals surface area contributed by atoms with Crippen LogP contribution in [0.15, 0.2) is 78.9 Å². The van der Waals surface area contributed by atoms with Crippen molar-refractivity contribution in [3.05, 3.63) is 107 Å². The maximum atomic E-state index is 13.5. The summed E-state index contributed by atoms with van der Waals surface area (Å²) in [6.07, 6.45) is 1.65. The highest BCUT2D eigenvalue weighted by atomic mass is 32.1. The Bertz CT molecular complexity index is 1580. The van der Waals surface area contributed by atoms with Crippen LogP contribution >= 0.6 is 11.3 Å². The number of fused-ring (bicyclic) bond motifs is 1. The molecule has 1 aromatic heterocycles. The van der Waals surface area contributed by atoms with Gasteiger partial charge in [0.05, 0.1) is 21.8 Å². The summed E-state index contributed by atoms with van der Waals surface area (Å²) in [6.45, 7) is 9.79. The van der Waals surface area contributed by atoms with Crippen molar-refractivity contribution in [2.75, 3.05) is 11.5 Å². The van der Waals surface area contributed by atoms with Gasteiger partial charge in [0.2, 0.25) is 0 Å². The standard InChI is InChI=1S/C30H26N2O4S/c1-5-14-36-21-11-9-20(10-12-21)26-25(27(33)22-15-17(2)6-8-19(22)4)28(34)29(35)32(26)30-31-23-13-7-18(3)16-24(23)37-30/h5-13,15-16,26,33H,1,14H2,2-4H3/b27-25+. The van der Waals surface area contributed by atoms with E-state index in [4.69, 9.17) is 4.74 Å². The lowest BCUT2D eigenvalue weighted by atomic mass is 9.93. The van der Waals surface area contributed by atoms with Gasteiger partial charge in [-0.25, -0.2) is 4.98 Å². The van der Waals surface area contributed by atoms with Crippen molar-refractivity contribution in [3.8, 4) is 5.75 Å². The van der Waals surface area contributed by atoms with E-state index in [0.717, 1.165) is 26.9 Å². The lowest BCUT2D eigenvalue weighted by Crippen LogP contribution is -2.29. The highest BCUT2D eigenvalue weighted by molar-refractivity contribution is 7.22. The summed E-state index contributed by atoms with van der Waals surface area (Å²) in [5.74, 6) is -1.04. The van der Waals surface area contributed by atoms with Gasteiger partial charge in [0.15, 0.2) is 5.13 Å². The average Bonchev–Trinajstić information content (AvgIpc) is 3.41. The first kappa shape index (κ1) is 24.5. The van der Waals surface area contributed by atoms with Crippen LogP contribution in [0.4, 0.5) is 5.13 Å².